The molecule has 1 aliphatic carbocycles. The van der Waals surface area contributed by atoms with Gasteiger partial charge in [0.1, 0.15) is 5.78 Å². The first kappa shape index (κ1) is 11.5. The molecule has 0 saturated heterocycles. The second kappa shape index (κ2) is 4.80. The van der Waals surface area contributed by atoms with Crippen molar-refractivity contribution in [1.29, 1.82) is 0 Å². The summed E-state index contributed by atoms with van der Waals surface area (Å²) in [4.78, 5) is 11.1. The van der Waals surface area contributed by atoms with Crippen LogP contribution in [0.25, 0.3) is 0 Å². The van der Waals surface area contributed by atoms with E-state index in [-0.39, 0.29) is 12.2 Å². The molecule has 0 amide bonds. The van der Waals surface area contributed by atoms with E-state index in [1.165, 1.54) is 0 Å². The predicted molar refractivity (Wildman–Crippen MR) is 46.9 cm³/mol. The zero-order valence-electron chi connectivity index (χ0n) is 8.07. The Morgan fingerprint density at radius 1 is 1.21 bits per heavy atom. The lowest BCUT2D eigenvalue weighted by Gasteiger charge is -2.08. The van der Waals surface area contributed by atoms with Crippen LogP contribution in [0.15, 0.2) is 0 Å². The van der Waals surface area contributed by atoms with E-state index >= 15 is 0 Å². The van der Waals surface area contributed by atoms with Crippen molar-refractivity contribution in [3.63, 3.8) is 0 Å². The number of alkyl halides is 3. The zero-order valence-corrected chi connectivity index (χ0v) is 8.07. The minimum absolute atomic E-state index is 0.228. The second-order valence-electron chi connectivity index (χ2n) is 4.01. The first-order valence-electron chi connectivity index (χ1n) is 5.06. The number of rotatable bonds is 4. The quantitative estimate of drug-likeness (QED) is 0.691. The third kappa shape index (κ3) is 4.63. The van der Waals surface area contributed by atoms with Gasteiger partial charge in [-0.1, -0.05) is 25.7 Å². The lowest BCUT2D eigenvalue weighted by molar-refractivity contribution is -0.143. The van der Waals surface area contributed by atoms with E-state index in [4.69, 9.17) is 0 Å². The maximum atomic E-state index is 11.8. The molecule has 0 radical (unpaired) electrons. The van der Waals surface area contributed by atoms with Gasteiger partial charge >= 0.3 is 6.18 Å². The Labute approximate surface area is 81.7 Å². The van der Waals surface area contributed by atoms with Crippen LogP contribution in [0, 0.1) is 5.92 Å². The molecule has 0 aromatic carbocycles. The van der Waals surface area contributed by atoms with Crippen LogP contribution in [0.4, 0.5) is 13.2 Å². The summed E-state index contributed by atoms with van der Waals surface area (Å²) < 4.78 is 35.3. The largest absolute Gasteiger partial charge is 0.389 e. The highest BCUT2D eigenvalue weighted by atomic mass is 19.4. The predicted octanol–water partition coefficient (Wildman–Crippen LogP) is 3.48. The number of halogens is 3. The highest BCUT2D eigenvalue weighted by Crippen LogP contribution is 2.29. The van der Waals surface area contributed by atoms with Crippen LogP contribution in [-0.4, -0.2) is 12.0 Å². The smallest absolute Gasteiger partial charge is 0.300 e. The second-order valence-corrected chi connectivity index (χ2v) is 4.01. The van der Waals surface area contributed by atoms with Crippen molar-refractivity contribution in [2.24, 2.45) is 5.92 Å². The Morgan fingerprint density at radius 3 is 2.29 bits per heavy atom. The van der Waals surface area contributed by atoms with Gasteiger partial charge in [-0.25, -0.2) is 0 Å². The molecule has 82 valence electrons. The van der Waals surface area contributed by atoms with E-state index in [1.54, 1.807) is 0 Å². The molecule has 0 aromatic heterocycles. The Bertz CT molecular complexity index is 192. The van der Waals surface area contributed by atoms with Crippen molar-refractivity contribution >= 4 is 5.78 Å². The molecule has 0 aromatic rings. The molecule has 1 fully saturated rings. The maximum absolute atomic E-state index is 11.8. The standard InChI is InChI=1S/C10H15F3O/c11-10(12,13)6-5-9(14)7-8-3-1-2-4-8/h8H,1-7H2. The molecule has 1 saturated carbocycles. The lowest BCUT2D eigenvalue weighted by Crippen LogP contribution is -2.12. The number of carbonyl (C=O) groups is 1. The molecule has 1 nitrogen and oxygen atoms in total. The fourth-order valence-electron chi connectivity index (χ4n) is 1.92. The Morgan fingerprint density at radius 2 is 1.79 bits per heavy atom. The van der Waals surface area contributed by atoms with Crippen LogP contribution in [0.5, 0.6) is 0 Å². The van der Waals surface area contributed by atoms with Gasteiger partial charge in [0.05, 0.1) is 6.42 Å². The van der Waals surface area contributed by atoms with Gasteiger partial charge in [-0.3, -0.25) is 4.79 Å². The van der Waals surface area contributed by atoms with Crippen molar-refractivity contribution in [2.45, 2.75) is 51.1 Å². The summed E-state index contributed by atoms with van der Waals surface area (Å²) in [5, 5.41) is 0. The van der Waals surface area contributed by atoms with Gasteiger partial charge in [0.25, 0.3) is 0 Å². The van der Waals surface area contributed by atoms with Gasteiger partial charge < -0.3 is 0 Å². The van der Waals surface area contributed by atoms with Gasteiger partial charge in [-0.2, -0.15) is 13.2 Å². The molecule has 0 spiro atoms. The van der Waals surface area contributed by atoms with Gasteiger partial charge in [0.2, 0.25) is 0 Å². The zero-order chi connectivity index (χ0) is 10.6. The van der Waals surface area contributed by atoms with Crippen LogP contribution in [0.2, 0.25) is 0 Å². The third-order valence-electron chi connectivity index (χ3n) is 2.68. The Balaban J connectivity index is 2.15. The van der Waals surface area contributed by atoms with Crippen molar-refractivity contribution in [1.82, 2.24) is 0 Å². The molecule has 0 bridgehead atoms. The summed E-state index contributed by atoms with van der Waals surface area (Å²) in [5.74, 6) is 0.130. The fraction of sp³-hybridized carbons (Fsp3) is 0.900. The van der Waals surface area contributed by atoms with E-state index in [1.807, 2.05) is 0 Å². The van der Waals surface area contributed by atoms with Crippen molar-refractivity contribution in [3.05, 3.63) is 0 Å². The fourth-order valence-corrected chi connectivity index (χ4v) is 1.92. The Hall–Kier alpha value is -0.540. The average Bonchev–Trinajstić information content (AvgIpc) is 2.52. The van der Waals surface area contributed by atoms with Crippen LogP contribution >= 0.6 is 0 Å². The third-order valence-corrected chi connectivity index (χ3v) is 2.68. The summed E-state index contributed by atoms with van der Waals surface area (Å²) in [7, 11) is 0. The van der Waals surface area contributed by atoms with Gasteiger partial charge in [-0.15, -0.1) is 0 Å². The monoisotopic (exact) mass is 208 g/mol. The van der Waals surface area contributed by atoms with Crippen LogP contribution in [0.3, 0.4) is 0 Å². The number of carbonyl (C=O) groups excluding carboxylic acids is 1. The first-order chi connectivity index (χ1) is 6.47. The molecule has 0 aliphatic heterocycles. The van der Waals surface area contributed by atoms with E-state index in [0.29, 0.717) is 12.3 Å². The van der Waals surface area contributed by atoms with Crippen LogP contribution in [0.1, 0.15) is 44.9 Å². The topological polar surface area (TPSA) is 17.1 Å². The minimum atomic E-state index is -4.19. The molecule has 0 unspecified atom stereocenters. The number of Topliss-reactive ketones (excluding diaryl/α,β-unsaturated/α-hetero) is 1. The molecule has 0 heterocycles. The highest BCUT2D eigenvalue weighted by Gasteiger charge is 2.28. The SMILES string of the molecule is O=C(CCC(F)(F)F)CC1CCCC1. The average molecular weight is 208 g/mol. The highest BCUT2D eigenvalue weighted by molar-refractivity contribution is 5.78. The van der Waals surface area contributed by atoms with Gasteiger partial charge in [0.15, 0.2) is 0 Å². The van der Waals surface area contributed by atoms with Gasteiger partial charge in [0, 0.05) is 12.8 Å². The van der Waals surface area contributed by atoms with Gasteiger partial charge in [-0.05, 0) is 5.92 Å². The molecule has 0 N–H and O–H groups in total. The summed E-state index contributed by atoms with van der Waals surface area (Å²) in [5.41, 5.74) is 0. The normalized spacial score (nSPS) is 18.8. The van der Waals surface area contributed by atoms with E-state index in [2.05, 4.69) is 0 Å². The summed E-state index contributed by atoms with van der Waals surface area (Å²) in [6.07, 6.45) is -0.857. The summed E-state index contributed by atoms with van der Waals surface area (Å²) >= 11 is 0. The minimum Gasteiger partial charge on any atom is -0.300 e. The molecule has 14 heavy (non-hydrogen) atoms. The number of ketones is 1. The molecule has 1 aliphatic rings. The van der Waals surface area contributed by atoms with E-state index < -0.39 is 12.6 Å². The maximum Gasteiger partial charge on any atom is 0.389 e. The first-order valence-corrected chi connectivity index (χ1v) is 5.06. The van der Waals surface area contributed by atoms with E-state index in [9.17, 15) is 18.0 Å². The van der Waals surface area contributed by atoms with Crippen molar-refractivity contribution in [2.75, 3.05) is 0 Å². The van der Waals surface area contributed by atoms with Crippen LogP contribution in [-0.2, 0) is 4.79 Å². The molecule has 4 heteroatoms. The summed E-state index contributed by atoms with van der Waals surface area (Å²) in [6, 6.07) is 0. The molecular weight excluding hydrogens is 193 g/mol. The van der Waals surface area contributed by atoms with Crippen molar-refractivity contribution < 1.29 is 18.0 Å². The molecular formula is C10H15F3O. The number of hydrogen-bond donors (Lipinski definition) is 0. The lowest BCUT2D eigenvalue weighted by atomic mass is 9.99. The van der Waals surface area contributed by atoms with Crippen LogP contribution < -0.4 is 0 Å². The molecule has 0 atom stereocenters. The number of hydrogen-bond acceptors (Lipinski definition) is 1. The summed E-state index contributed by atoms with van der Waals surface area (Å²) in [6.45, 7) is 0. The van der Waals surface area contributed by atoms with E-state index in [0.717, 1.165) is 25.7 Å². The molecule has 1 rings (SSSR count). The Kier molecular flexibility index (Phi) is 3.96. The van der Waals surface area contributed by atoms with Crippen molar-refractivity contribution in [3.8, 4) is 0 Å².